The van der Waals surface area contributed by atoms with Crippen molar-refractivity contribution < 1.29 is 18.6 Å². The van der Waals surface area contributed by atoms with Crippen molar-refractivity contribution in [1.29, 1.82) is 0 Å². The third-order valence-corrected chi connectivity index (χ3v) is 9.65. The fraction of sp³-hybridized carbons (Fsp3) is 0.714. The van der Waals surface area contributed by atoms with Crippen molar-refractivity contribution in [1.82, 2.24) is 24.6 Å². The van der Waals surface area contributed by atoms with Gasteiger partial charge in [-0.1, -0.05) is 50.7 Å². The summed E-state index contributed by atoms with van der Waals surface area (Å²) in [6, 6.07) is -0.255. The van der Waals surface area contributed by atoms with E-state index in [2.05, 4.69) is 37.5 Å². The third kappa shape index (κ3) is 7.83. The molecule has 0 saturated heterocycles. The van der Waals surface area contributed by atoms with Gasteiger partial charge in [0.1, 0.15) is 6.04 Å². The first-order valence-corrected chi connectivity index (χ1v) is 17.0. The van der Waals surface area contributed by atoms with Crippen LogP contribution in [0.25, 0.3) is 11.2 Å². The highest BCUT2D eigenvalue weighted by atomic mass is 31.2. The summed E-state index contributed by atoms with van der Waals surface area (Å²) < 4.78 is 26.3. The smallest absolute Gasteiger partial charge is 0.323 e. The van der Waals surface area contributed by atoms with E-state index in [0.29, 0.717) is 29.6 Å². The van der Waals surface area contributed by atoms with Crippen LogP contribution in [-0.2, 0) is 18.6 Å². The molecular weight excluding hydrogens is 529 g/mol. The van der Waals surface area contributed by atoms with Crippen molar-refractivity contribution in [2.45, 2.75) is 95.7 Å². The van der Waals surface area contributed by atoms with Crippen LogP contribution in [0.15, 0.2) is 18.5 Å². The third-order valence-electron chi connectivity index (χ3n) is 8.16. The second-order valence-electron chi connectivity index (χ2n) is 11.8. The predicted molar refractivity (Wildman–Crippen MR) is 156 cm³/mol. The lowest BCUT2D eigenvalue weighted by Crippen LogP contribution is -2.34. The molecule has 2 fully saturated rings. The van der Waals surface area contributed by atoms with Crippen LogP contribution in [0.2, 0.25) is 0 Å². The standard InChI is InChI=1S/C28H44N7O4P/c1-19(27(36)38-15-7-6-10-20-8-4-3-5-9-20)34-40(2,37)39-17-21-11-14-23(16-21)35-18-30-24-25(31-22-12-13-22)32-28(29)33-26(24)35/h11,14,18-23H,3-10,12-13,15-17H2,1-2H3,(H,34,37)(H3,29,31,32,33)/t19-,21+,23-,40?/m0/s1. The molecule has 0 radical (unpaired) electrons. The van der Waals surface area contributed by atoms with Crippen LogP contribution >= 0.6 is 7.52 Å². The van der Waals surface area contributed by atoms with Gasteiger partial charge in [0.25, 0.3) is 7.52 Å². The number of imidazole rings is 1. The van der Waals surface area contributed by atoms with Crippen molar-refractivity contribution in [3.8, 4) is 0 Å². The summed E-state index contributed by atoms with van der Waals surface area (Å²) in [5.74, 6) is 1.40. The molecule has 5 rings (SSSR count). The molecule has 2 heterocycles. The number of allylic oxidation sites excluding steroid dienone is 1. The molecule has 0 bridgehead atoms. The maximum atomic E-state index is 13.1. The van der Waals surface area contributed by atoms with E-state index in [1.807, 2.05) is 4.57 Å². The molecule has 0 spiro atoms. The van der Waals surface area contributed by atoms with E-state index < -0.39 is 19.5 Å². The van der Waals surface area contributed by atoms with Crippen molar-refractivity contribution in [2.75, 3.05) is 30.9 Å². The number of fused-ring (bicyclic) bond motifs is 1. The number of hydrogen-bond donors (Lipinski definition) is 3. The number of nitrogens with two attached hydrogens (primary N) is 1. The van der Waals surface area contributed by atoms with Gasteiger partial charge >= 0.3 is 5.97 Å². The Balaban J connectivity index is 1.04. The summed E-state index contributed by atoms with van der Waals surface area (Å²) in [5.41, 5.74) is 7.39. The number of carbonyl (C=O) groups is 1. The van der Waals surface area contributed by atoms with Crippen LogP contribution in [0, 0.1) is 11.8 Å². The van der Waals surface area contributed by atoms with Crippen molar-refractivity contribution >= 4 is 36.4 Å². The summed E-state index contributed by atoms with van der Waals surface area (Å²) in [6.07, 6.45) is 18.8. The van der Waals surface area contributed by atoms with E-state index >= 15 is 0 Å². The van der Waals surface area contributed by atoms with Gasteiger partial charge in [-0.2, -0.15) is 9.97 Å². The lowest BCUT2D eigenvalue weighted by atomic mass is 9.86. The Morgan fingerprint density at radius 1 is 1.18 bits per heavy atom. The van der Waals surface area contributed by atoms with Crippen molar-refractivity contribution in [3.63, 3.8) is 0 Å². The Labute approximate surface area is 236 Å². The average Bonchev–Trinajstić information content (AvgIpc) is 3.44. The minimum Gasteiger partial charge on any atom is -0.465 e. The Morgan fingerprint density at radius 2 is 1.98 bits per heavy atom. The summed E-state index contributed by atoms with van der Waals surface area (Å²) in [7, 11) is -3.21. The van der Waals surface area contributed by atoms with Gasteiger partial charge in [0.05, 0.1) is 25.6 Å². The van der Waals surface area contributed by atoms with E-state index in [1.165, 1.54) is 45.2 Å². The Bertz CT molecular complexity index is 1240. The number of nitrogens with one attached hydrogen (secondary N) is 2. The van der Waals surface area contributed by atoms with Gasteiger partial charge in [0.15, 0.2) is 17.0 Å². The van der Waals surface area contributed by atoms with Crippen LogP contribution in [0.4, 0.5) is 11.8 Å². The number of rotatable bonds is 14. The SMILES string of the molecule is C[C@H](NP(C)(=O)OC[C@@H]1C=C[C@H](n2cnc3c(NC4CC4)nc(N)nc32)C1)C(=O)OCCCCC1CCCCC1. The molecule has 2 aromatic heterocycles. The number of esters is 1. The first kappa shape index (κ1) is 29.0. The molecule has 40 heavy (non-hydrogen) atoms. The summed E-state index contributed by atoms with van der Waals surface area (Å²) in [4.78, 5) is 25.8. The van der Waals surface area contributed by atoms with Crippen LogP contribution < -0.4 is 16.1 Å². The van der Waals surface area contributed by atoms with Gasteiger partial charge in [-0.05, 0) is 44.9 Å². The molecule has 220 valence electrons. The first-order chi connectivity index (χ1) is 19.3. The van der Waals surface area contributed by atoms with E-state index in [0.717, 1.165) is 38.0 Å². The zero-order valence-corrected chi connectivity index (χ0v) is 24.7. The summed E-state index contributed by atoms with van der Waals surface area (Å²) >= 11 is 0. The molecule has 2 saturated carbocycles. The Morgan fingerprint density at radius 3 is 2.75 bits per heavy atom. The molecule has 0 aromatic carbocycles. The largest absolute Gasteiger partial charge is 0.465 e. The van der Waals surface area contributed by atoms with Crippen molar-refractivity contribution in [2.24, 2.45) is 11.8 Å². The number of aromatic nitrogens is 4. The minimum atomic E-state index is -3.21. The second-order valence-corrected chi connectivity index (χ2v) is 14.0. The maximum Gasteiger partial charge on any atom is 0.323 e. The molecule has 0 amide bonds. The van der Waals surface area contributed by atoms with Crippen LogP contribution in [-0.4, -0.2) is 57.5 Å². The van der Waals surface area contributed by atoms with Crippen LogP contribution in [0.3, 0.4) is 0 Å². The van der Waals surface area contributed by atoms with Crippen molar-refractivity contribution in [3.05, 3.63) is 18.5 Å². The summed E-state index contributed by atoms with van der Waals surface area (Å²) in [5, 5.41) is 6.24. The second kappa shape index (κ2) is 13.0. The highest BCUT2D eigenvalue weighted by molar-refractivity contribution is 7.56. The molecule has 1 unspecified atom stereocenters. The Hall–Kier alpha value is -2.49. The number of anilines is 2. The molecule has 11 nitrogen and oxygen atoms in total. The van der Waals surface area contributed by atoms with E-state index in [-0.39, 0.29) is 24.5 Å². The zero-order valence-electron chi connectivity index (χ0n) is 23.8. The molecule has 3 aliphatic rings. The van der Waals surface area contributed by atoms with Gasteiger partial charge in [0.2, 0.25) is 5.95 Å². The molecule has 4 N–H and O–H groups in total. The highest BCUT2D eigenvalue weighted by Crippen LogP contribution is 2.41. The molecular formula is C28H44N7O4P. The van der Waals surface area contributed by atoms with Crippen LogP contribution in [0.1, 0.15) is 83.6 Å². The molecule has 0 aliphatic heterocycles. The highest BCUT2D eigenvalue weighted by Gasteiger charge is 2.29. The monoisotopic (exact) mass is 573 g/mol. The van der Waals surface area contributed by atoms with E-state index in [1.54, 1.807) is 13.3 Å². The Kier molecular flexibility index (Phi) is 9.43. The lowest BCUT2D eigenvalue weighted by molar-refractivity contribution is -0.145. The first-order valence-electron chi connectivity index (χ1n) is 14.9. The van der Waals surface area contributed by atoms with Gasteiger partial charge < -0.3 is 24.9 Å². The fourth-order valence-electron chi connectivity index (χ4n) is 5.77. The fourth-order valence-corrected chi connectivity index (χ4v) is 7.13. The summed E-state index contributed by atoms with van der Waals surface area (Å²) in [6.45, 7) is 3.85. The number of carbonyl (C=O) groups excluding carboxylic acids is 1. The van der Waals surface area contributed by atoms with Gasteiger partial charge in [-0.25, -0.2) is 10.1 Å². The van der Waals surface area contributed by atoms with Gasteiger partial charge in [-0.15, -0.1) is 0 Å². The lowest BCUT2D eigenvalue weighted by Gasteiger charge is -2.22. The maximum absolute atomic E-state index is 13.1. The quantitative estimate of drug-likeness (QED) is 0.119. The zero-order chi connectivity index (χ0) is 28.1. The topological polar surface area (TPSA) is 146 Å². The van der Waals surface area contributed by atoms with Gasteiger partial charge in [0, 0.05) is 18.6 Å². The normalized spacial score (nSPS) is 23.8. The minimum absolute atomic E-state index is 0.0258. The molecule has 2 aromatic rings. The number of hydrogen-bond acceptors (Lipinski definition) is 9. The van der Waals surface area contributed by atoms with E-state index in [4.69, 9.17) is 15.0 Å². The van der Waals surface area contributed by atoms with Crippen LogP contribution in [0.5, 0.6) is 0 Å². The number of ether oxygens (including phenoxy) is 1. The molecule has 3 aliphatic carbocycles. The number of unbranched alkanes of at least 4 members (excludes halogenated alkanes) is 1. The number of nitrogen functional groups attached to an aromatic ring is 1. The number of nitrogens with zero attached hydrogens (tertiary/aromatic N) is 4. The average molecular weight is 574 g/mol. The molecule has 12 heteroatoms. The van der Waals surface area contributed by atoms with Gasteiger partial charge in [-0.3, -0.25) is 9.36 Å². The van der Waals surface area contributed by atoms with E-state index in [9.17, 15) is 9.36 Å². The molecule has 4 atom stereocenters. The predicted octanol–water partition coefficient (Wildman–Crippen LogP) is 5.21.